The van der Waals surface area contributed by atoms with Gasteiger partial charge in [-0.25, -0.2) is 14.8 Å². The lowest BCUT2D eigenvalue weighted by Gasteiger charge is -2.36. The van der Waals surface area contributed by atoms with Crippen molar-refractivity contribution in [3.63, 3.8) is 0 Å². The molecule has 1 aliphatic rings. The number of nitrogens with zero attached hydrogens (tertiary/aromatic N) is 2. The van der Waals surface area contributed by atoms with Crippen LogP contribution < -0.4 is 10.3 Å². The lowest BCUT2D eigenvalue weighted by molar-refractivity contribution is -0.133. The number of hydrazine groups is 1. The van der Waals surface area contributed by atoms with Gasteiger partial charge in [-0.1, -0.05) is 18.2 Å². The molecule has 0 radical (unpaired) electrons. The maximum Gasteiger partial charge on any atom is 0.341 e. The molecule has 0 spiro atoms. The summed E-state index contributed by atoms with van der Waals surface area (Å²) in [5, 5.41) is 5.23. The lowest BCUT2D eigenvalue weighted by atomic mass is 10.1. The van der Waals surface area contributed by atoms with Gasteiger partial charge in [-0.3, -0.25) is 4.79 Å². The summed E-state index contributed by atoms with van der Waals surface area (Å²) in [5.74, 6) is -0.0821. The molecule has 1 saturated heterocycles. The quantitative estimate of drug-likeness (QED) is 0.843. The summed E-state index contributed by atoms with van der Waals surface area (Å²) in [6.45, 7) is 0.423. The van der Waals surface area contributed by atoms with Gasteiger partial charge in [-0.15, -0.1) is 0 Å². The zero-order chi connectivity index (χ0) is 14.4. The number of hydrogen-bond donors (Lipinski definition) is 1. The number of piperidine rings is 1. The molecule has 6 heteroatoms. The first-order valence-electron chi connectivity index (χ1n) is 6.61. The molecule has 1 aromatic rings. The third-order valence-electron chi connectivity index (χ3n) is 3.07. The van der Waals surface area contributed by atoms with Crippen LogP contribution in [0.15, 0.2) is 30.3 Å². The number of carbonyl (C=O) groups is 3. The van der Waals surface area contributed by atoms with Crippen LogP contribution in [0, 0.1) is 0 Å². The predicted octanol–water partition coefficient (Wildman–Crippen LogP) is 1.33. The van der Waals surface area contributed by atoms with Crippen molar-refractivity contribution in [2.75, 3.05) is 18.1 Å². The number of urea groups is 1. The van der Waals surface area contributed by atoms with E-state index in [-0.39, 0.29) is 12.5 Å². The van der Waals surface area contributed by atoms with E-state index in [0.717, 1.165) is 12.8 Å². The highest BCUT2D eigenvalue weighted by atomic mass is 16.2. The summed E-state index contributed by atoms with van der Waals surface area (Å²) in [7, 11) is 0. The Morgan fingerprint density at radius 3 is 2.70 bits per heavy atom. The Labute approximate surface area is 117 Å². The fourth-order valence-electron chi connectivity index (χ4n) is 2.14. The van der Waals surface area contributed by atoms with Crippen molar-refractivity contribution in [1.82, 2.24) is 10.3 Å². The van der Waals surface area contributed by atoms with Gasteiger partial charge in [0, 0.05) is 13.0 Å². The SMILES string of the molecule is O=CCNC(=O)N(c1ccccc1)N1CCCCC1=O. The molecule has 106 valence electrons. The van der Waals surface area contributed by atoms with Gasteiger partial charge in [0.2, 0.25) is 5.91 Å². The Balaban J connectivity index is 2.26. The molecule has 2 rings (SSSR count). The van der Waals surface area contributed by atoms with E-state index in [2.05, 4.69) is 5.32 Å². The summed E-state index contributed by atoms with van der Waals surface area (Å²) < 4.78 is 0. The largest absolute Gasteiger partial charge is 0.341 e. The van der Waals surface area contributed by atoms with Crippen molar-refractivity contribution in [2.45, 2.75) is 19.3 Å². The van der Waals surface area contributed by atoms with Crippen molar-refractivity contribution in [3.8, 4) is 0 Å². The Morgan fingerprint density at radius 2 is 2.05 bits per heavy atom. The van der Waals surface area contributed by atoms with E-state index < -0.39 is 6.03 Å². The number of carbonyl (C=O) groups excluding carboxylic acids is 3. The Bertz CT molecular complexity index is 490. The zero-order valence-electron chi connectivity index (χ0n) is 11.1. The van der Waals surface area contributed by atoms with Gasteiger partial charge in [-0.05, 0) is 25.0 Å². The van der Waals surface area contributed by atoms with Gasteiger partial charge in [0.1, 0.15) is 6.29 Å². The minimum atomic E-state index is -0.474. The molecule has 0 saturated carbocycles. The molecule has 1 N–H and O–H groups in total. The van der Waals surface area contributed by atoms with Crippen LogP contribution in [0.3, 0.4) is 0 Å². The van der Waals surface area contributed by atoms with E-state index >= 15 is 0 Å². The van der Waals surface area contributed by atoms with Crippen molar-refractivity contribution in [2.24, 2.45) is 0 Å². The maximum absolute atomic E-state index is 12.2. The van der Waals surface area contributed by atoms with Gasteiger partial charge in [0.05, 0.1) is 12.2 Å². The van der Waals surface area contributed by atoms with Gasteiger partial charge in [-0.2, -0.15) is 0 Å². The van der Waals surface area contributed by atoms with Gasteiger partial charge in [0.15, 0.2) is 0 Å². The van der Waals surface area contributed by atoms with E-state index in [1.165, 1.54) is 10.0 Å². The average molecular weight is 275 g/mol. The molecule has 0 atom stereocenters. The number of nitrogens with one attached hydrogen (secondary N) is 1. The van der Waals surface area contributed by atoms with Crippen LogP contribution in [0.5, 0.6) is 0 Å². The number of para-hydroxylation sites is 1. The third-order valence-corrected chi connectivity index (χ3v) is 3.07. The summed E-state index contributed by atoms with van der Waals surface area (Å²) >= 11 is 0. The molecular weight excluding hydrogens is 258 g/mol. The first-order chi connectivity index (χ1) is 9.74. The number of aldehydes is 1. The Hall–Kier alpha value is -2.37. The van der Waals surface area contributed by atoms with Crippen LogP contribution in [0.4, 0.5) is 10.5 Å². The molecule has 1 aromatic carbocycles. The first-order valence-corrected chi connectivity index (χ1v) is 6.61. The van der Waals surface area contributed by atoms with Crippen LogP contribution in [0.1, 0.15) is 19.3 Å². The summed E-state index contributed by atoms with van der Waals surface area (Å²) in [5.41, 5.74) is 0.603. The smallest absolute Gasteiger partial charge is 0.329 e. The third kappa shape index (κ3) is 3.14. The number of rotatable bonds is 4. The molecule has 6 nitrogen and oxygen atoms in total. The fourth-order valence-corrected chi connectivity index (χ4v) is 2.14. The molecule has 1 aliphatic heterocycles. The van der Waals surface area contributed by atoms with E-state index in [4.69, 9.17) is 0 Å². The second-order valence-corrected chi connectivity index (χ2v) is 4.47. The van der Waals surface area contributed by atoms with E-state index in [1.54, 1.807) is 24.3 Å². The minimum Gasteiger partial charge on any atom is -0.329 e. The van der Waals surface area contributed by atoms with Gasteiger partial charge < -0.3 is 10.1 Å². The second kappa shape index (κ2) is 6.70. The molecule has 1 heterocycles. The molecule has 1 fully saturated rings. The highest BCUT2D eigenvalue weighted by Gasteiger charge is 2.29. The van der Waals surface area contributed by atoms with Crippen molar-refractivity contribution in [3.05, 3.63) is 30.3 Å². The van der Waals surface area contributed by atoms with Crippen LogP contribution >= 0.6 is 0 Å². The topological polar surface area (TPSA) is 69.7 Å². The molecule has 3 amide bonds. The number of amides is 3. The Morgan fingerprint density at radius 1 is 1.30 bits per heavy atom. The molecule has 0 unspecified atom stereocenters. The average Bonchev–Trinajstić information content (AvgIpc) is 2.48. The first kappa shape index (κ1) is 14.0. The summed E-state index contributed by atoms with van der Waals surface area (Å²) in [6, 6.07) is 8.46. The maximum atomic E-state index is 12.2. The van der Waals surface area contributed by atoms with Crippen molar-refractivity contribution < 1.29 is 14.4 Å². The Kier molecular flexibility index (Phi) is 4.70. The summed E-state index contributed by atoms with van der Waals surface area (Å²) in [6.07, 6.45) is 2.74. The number of benzene rings is 1. The lowest BCUT2D eigenvalue weighted by Crippen LogP contribution is -2.55. The molecule has 0 aliphatic carbocycles. The van der Waals surface area contributed by atoms with Crippen LogP contribution in [-0.4, -0.2) is 36.3 Å². The van der Waals surface area contributed by atoms with E-state index in [1.807, 2.05) is 6.07 Å². The standard InChI is InChI=1S/C14H17N3O3/c18-11-9-15-14(20)17(12-6-2-1-3-7-12)16-10-5-4-8-13(16)19/h1-3,6-7,11H,4-5,8-10H2,(H,15,20). The molecular formula is C14H17N3O3. The molecule has 0 aromatic heterocycles. The van der Waals surface area contributed by atoms with Crippen molar-refractivity contribution >= 4 is 23.9 Å². The zero-order valence-corrected chi connectivity index (χ0v) is 11.1. The summed E-state index contributed by atoms with van der Waals surface area (Å²) in [4.78, 5) is 34.6. The normalized spacial score (nSPS) is 14.8. The van der Waals surface area contributed by atoms with Gasteiger partial charge >= 0.3 is 6.03 Å². The molecule has 0 bridgehead atoms. The van der Waals surface area contributed by atoms with Crippen molar-refractivity contribution in [1.29, 1.82) is 0 Å². The monoisotopic (exact) mass is 275 g/mol. The van der Waals surface area contributed by atoms with Crippen LogP contribution in [0.2, 0.25) is 0 Å². The minimum absolute atomic E-state index is 0.0792. The number of anilines is 1. The predicted molar refractivity (Wildman–Crippen MR) is 73.9 cm³/mol. The highest BCUT2D eigenvalue weighted by Crippen LogP contribution is 2.21. The molecule has 20 heavy (non-hydrogen) atoms. The van der Waals surface area contributed by atoms with Crippen LogP contribution in [0.25, 0.3) is 0 Å². The van der Waals surface area contributed by atoms with E-state index in [9.17, 15) is 14.4 Å². The highest BCUT2D eigenvalue weighted by molar-refractivity contribution is 5.96. The fraction of sp³-hybridized carbons (Fsp3) is 0.357. The van der Waals surface area contributed by atoms with Gasteiger partial charge in [0.25, 0.3) is 0 Å². The van der Waals surface area contributed by atoms with Crippen LogP contribution in [-0.2, 0) is 9.59 Å². The second-order valence-electron chi connectivity index (χ2n) is 4.47. The number of hydrogen-bond acceptors (Lipinski definition) is 3. The van der Waals surface area contributed by atoms with E-state index in [0.29, 0.717) is 24.9 Å².